The summed E-state index contributed by atoms with van der Waals surface area (Å²) >= 11 is 0. The highest BCUT2D eigenvalue weighted by molar-refractivity contribution is 5.94. The molecule has 0 spiro atoms. The molecule has 38 heavy (non-hydrogen) atoms. The van der Waals surface area contributed by atoms with Gasteiger partial charge in [0.25, 0.3) is 5.91 Å². The third-order valence-corrected chi connectivity index (χ3v) is 6.63. The smallest absolute Gasteiger partial charge is 0.255 e. The van der Waals surface area contributed by atoms with Crippen LogP contribution in [0.3, 0.4) is 0 Å². The Morgan fingerprint density at radius 2 is 1.79 bits per heavy atom. The zero-order valence-electron chi connectivity index (χ0n) is 21.7. The van der Waals surface area contributed by atoms with E-state index in [9.17, 15) is 13.6 Å². The number of carbonyl (C=O) groups is 1. The quantitative estimate of drug-likeness (QED) is 0.414. The van der Waals surface area contributed by atoms with Gasteiger partial charge >= 0.3 is 0 Å². The van der Waals surface area contributed by atoms with Crippen LogP contribution in [0.25, 0.3) is 22.3 Å². The summed E-state index contributed by atoms with van der Waals surface area (Å²) in [6.07, 6.45) is 2.52. The molecule has 3 aromatic heterocycles. The maximum absolute atomic E-state index is 14.9. The topological polar surface area (TPSA) is 95.3 Å². The number of aryl methyl sites for hydroxylation is 1. The number of rotatable bonds is 6. The Bertz CT molecular complexity index is 1480. The molecule has 1 aliphatic heterocycles. The minimum absolute atomic E-state index is 0.0644. The first-order valence-corrected chi connectivity index (χ1v) is 12.4. The Kier molecular flexibility index (Phi) is 6.89. The highest BCUT2D eigenvalue weighted by Gasteiger charge is 2.22. The van der Waals surface area contributed by atoms with Crippen LogP contribution in [-0.2, 0) is 0 Å². The molecule has 0 atom stereocenters. The molecule has 0 bridgehead atoms. The standard InChI is InChI=1S/C26H29F2N9O/c1-5-35-8-10-36(11-9-35)25(38)17-6-7-22(29-14-17)32-26-30-15-20(28)23(33-26)18-12-19(27)24-21(13-18)37(34(3)4)16(2)31-24/h6-7,12-15H,5,8-11H2,1-4H3,(H,29,30,32,33). The molecule has 0 aliphatic carbocycles. The number of fused-ring (bicyclic) bond motifs is 1. The third kappa shape index (κ3) is 4.86. The number of amides is 1. The van der Waals surface area contributed by atoms with Crippen molar-refractivity contribution in [3.05, 3.63) is 59.7 Å². The van der Waals surface area contributed by atoms with Crippen molar-refractivity contribution in [2.45, 2.75) is 13.8 Å². The van der Waals surface area contributed by atoms with Gasteiger partial charge in [-0.15, -0.1) is 0 Å². The van der Waals surface area contributed by atoms with E-state index in [0.29, 0.717) is 35.8 Å². The van der Waals surface area contributed by atoms with E-state index in [1.54, 1.807) is 34.8 Å². The number of pyridine rings is 1. The molecule has 198 valence electrons. The van der Waals surface area contributed by atoms with E-state index < -0.39 is 11.6 Å². The van der Waals surface area contributed by atoms with E-state index in [1.165, 1.54) is 12.3 Å². The monoisotopic (exact) mass is 521 g/mol. The molecule has 10 nitrogen and oxygen atoms in total. The van der Waals surface area contributed by atoms with E-state index in [1.807, 2.05) is 19.0 Å². The number of anilines is 2. The summed E-state index contributed by atoms with van der Waals surface area (Å²) in [5.74, 6) is -0.266. The zero-order valence-corrected chi connectivity index (χ0v) is 21.7. The van der Waals surface area contributed by atoms with Crippen LogP contribution >= 0.6 is 0 Å². The summed E-state index contributed by atoms with van der Waals surface area (Å²) < 4.78 is 31.4. The predicted octanol–water partition coefficient (Wildman–Crippen LogP) is 3.19. The number of hydrogen-bond acceptors (Lipinski definition) is 8. The lowest BCUT2D eigenvalue weighted by Crippen LogP contribution is -2.48. The van der Waals surface area contributed by atoms with Gasteiger partial charge in [0.2, 0.25) is 5.95 Å². The fraction of sp³-hybridized carbons (Fsp3) is 0.346. The normalized spacial score (nSPS) is 14.2. The van der Waals surface area contributed by atoms with Crippen molar-refractivity contribution in [3.63, 3.8) is 0 Å². The lowest BCUT2D eigenvalue weighted by molar-refractivity contribution is 0.0643. The zero-order chi connectivity index (χ0) is 27.0. The van der Waals surface area contributed by atoms with Gasteiger partial charge in [-0.2, -0.15) is 0 Å². The van der Waals surface area contributed by atoms with Crippen LogP contribution in [0, 0.1) is 18.6 Å². The number of aromatic nitrogens is 5. The maximum atomic E-state index is 14.9. The van der Waals surface area contributed by atoms with Gasteiger partial charge in [-0.05, 0) is 37.7 Å². The maximum Gasteiger partial charge on any atom is 0.255 e. The van der Waals surface area contributed by atoms with E-state index >= 15 is 0 Å². The first-order valence-electron chi connectivity index (χ1n) is 12.4. The van der Waals surface area contributed by atoms with E-state index in [-0.39, 0.29) is 28.6 Å². The first-order chi connectivity index (χ1) is 18.2. The Balaban J connectivity index is 1.37. The number of nitrogens with one attached hydrogen (secondary N) is 1. The molecular weight excluding hydrogens is 492 g/mol. The van der Waals surface area contributed by atoms with Crippen LogP contribution < -0.4 is 10.3 Å². The van der Waals surface area contributed by atoms with Crippen LogP contribution in [0.5, 0.6) is 0 Å². The van der Waals surface area contributed by atoms with E-state index in [0.717, 1.165) is 25.8 Å². The SMILES string of the molecule is CCN1CCN(C(=O)c2ccc(Nc3ncc(F)c(-c4cc(F)c5nc(C)n(N(C)C)c5c4)n3)nc2)CC1. The molecule has 0 saturated carbocycles. The Morgan fingerprint density at radius 3 is 2.45 bits per heavy atom. The highest BCUT2D eigenvalue weighted by Crippen LogP contribution is 2.29. The molecule has 5 rings (SSSR count). The molecule has 1 fully saturated rings. The fourth-order valence-corrected chi connectivity index (χ4v) is 4.67. The minimum atomic E-state index is -0.695. The van der Waals surface area contributed by atoms with Gasteiger partial charge in [0.05, 0.1) is 17.3 Å². The summed E-state index contributed by atoms with van der Waals surface area (Å²) in [7, 11) is 3.62. The van der Waals surface area contributed by atoms with Crippen LogP contribution in [0.15, 0.2) is 36.7 Å². The summed E-state index contributed by atoms with van der Waals surface area (Å²) in [4.78, 5) is 33.9. The second-order valence-corrected chi connectivity index (χ2v) is 9.32. The molecule has 0 radical (unpaired) electrons. The van der Waals surface area contributed by atoms with Gasteiger partial charge in [0, 0.05) is 52.0 Å². The number of carbonyl (C=O) groups excluding carboxylic acids is 1. The first kappa shape index (κ1) is 25.5. The molecule has 4 heterocycles. The summed E-state index contributed by atoms with van der Waals surface area (Å²) in [5.41, 5.74) is 1.35. The molecule has 1 aliphatic rings. The van der Waals surface area contributed by atoms with E-state index in [4.69, 9.17) is 0 Å². The molecule has 0 unspecified atom stereocenters. The number of imidazole rings is 1. The molecule has 4 aromatic rings. The van der Waals surface area contributed by atoms with Crippen molar-refractivity contribution >= 4 is 28.7 Å². The van der Waals surface area contributed by atoms with Crippen molar-refractivity contribution in [2.75, 3.05) is 57.1 Å². The summed E-state index contributed by atoms with van der Waals surface area (Å²) in [6, 6.07) is 6.18. The van der Waals surface area contributed by atoms with Crippen LogP contribution in [0.2, 0.25) is 0 Å². The minimum Gasteiger partial charge on any atom is -0.336 e. The third-order valence-electron chi connectivity index (χ3n) is 6.63. The average molecular weight is 522 g/mol. The number of halogens is 2. The second kappa shape index (κ2) is 10.3. The number of piperazine rings is 1. The molecular formula is C26H29F2N9O. The van der Waals surface area contributed by atoms with Crippen molar-refractivity contribution in [3.8, 4) is 11.3 Å². The number of likely N-dealkylation sites (N-methyl/N-ethyl adjacent to an activating group) is 1. The molecule has 1 amide bonds. The predicted molar refractivity (Wildman–Crippen MR) is 141 cm³/mol. The molecule has 12 heteroatoms. The van der Waals surface area contributed by atoms with Gasteiger partial charge in [-0.25, -0.2) is 33.4 Å². The Labute approximate surface area is 218 Å². The summed E-state index contributed by atoms with van der Waals surface area (Å²) in [5, 5.41) is 4.70. The van der Waals surface area contributed by atoms with Crippen molar-refractivity contribution in [2.24, 2.45) is 0 Å². The van der Waals surface area contributed by atoms with Gasteiger partial charge < -0.3 is 20.1 Å². The van der Waals surface area contributed by atoms with Crippen molar-refractivity contribution < 1.29 is 13.6 Å². The van der Waals surface area contributed by atoms with E-state index in [2.05, 4.69) is 37.1 Å². The number of benzene rings is 1. The van der Waals surface area contributed by atoms with Crippen molar-refractivity contribution in [1.82, 2.24) is 34.4 Å². The van der Waals surface area contributed by atoms with Crippen LogP contribution in [-0.4, -0.2) is 87.1 Å². The number of nitrogens with zero attached hydrogens (tertiary/aromatic N) is 8. The second-order valence-electron chi connectivity index (χ2n) is 9.32. The lowest BCUT2D eigenvalue weighted by Gasteiger charge is -2.34. The van der Waals surface area contributed by atoms with Gasteiger partial charge in [-0.1, -0.05) is 6.92 Å². The highest BCUT2D eigenvalue weighted by atomic mass is 19.1. The Hall–Kier alpha value is -4.19. The number of hydrogen-bond donors (Lipinski definition) is 1. The van der Waals surface area contributed by atoms with Gasteiger partial charge in [0.1, 0.15) is 22.9 Å². The molecule has 1 aromatic carbocycles. The largest absolute Gasteiger partial charge is 0.336 e. The van der Waals surface area contributed by atoms with Gasteiger partial charge in [-0.3, -0.25) is 4.79 Å². The average Bonchev–Trinajstić information content (AvgIpc) is 3.26. The summed E-state index contributed by atoms with van der Waals surface area (Å²) in [6.45, 7) is 7.92. The Morgan fingerprint density at radius 1 is 1.03 bits per heavy atom. The lowest BCUT2D eigenvalue weighted by atomic mass is 10.1. The molecule has 1 N–H and O–H groups in total. The van der Waals surface area contributed by atoms with Gasteiger partial charge in [0.15, 0.2) is 11.6 Å². The van der Waals surface area contributed by atoms with Crippen LogP contribution in [0.1, 0.15) is 23.1 Å². The fourth-order valence-electron chi connectivity index (χ4n) is 4.67. The van der Waals surface area contributed by atoms with Crippen molar-refractivity contribution in [1.29, 1.82) is 0 Å². The molecule has 1 saturated heterocycles. The van der Waals surface area contributed by atoms with Crippen LogP contribution in [0.4, 0.5) is 20.5 Å².